The summed E-state index contributed by atoms with van der Waals surface area (Å²) in [4.78, 5) is 0. The third kappa shape index (κ3) is 3.98. The largest absolute Gasteiger partial charge is 0.198 e. The van der Waals surface area contributed by atoms with Crippen LogP contribution in [0, 0.1) is 11.3 Å². The Morgan fingerprint density at radius 2 is 2.60 bits per heavy atom. The normalized spacial score (nSPS) is 8.60. The lowest BCUT2D eigenvalue weighted by molar-refractivity contribution is 1.50. The van der Waals surface area contributed by atoms with Crippen molar-refractivity contribution in [3.63, 3.8) is 0 Å². The Morgan fingerprint density at radius 3 is 2.60 bits per heavy atom. The third-order valence-corrected chi connectivity index (χ3v) is 0.543. The molecule has 1 nitrogen and oxygen atoms in total. The number of hydrogen-bond acceptors (Lipinski definition) is 1. The van der Waals surface area contributed by atoms with Crippen molar-refractivity contribution in [3.05, 3.63) is 0 Å². The Balaban J connectivity index is 2.48. The first-order valence-electron chi connectivity index (χ1n) is 1.22. The van der Waals surface area contributed by atoms with Gasteiger partial charge < -0.3 is 0 Å². The average Bonchev–Trinajstić information content (AvgIpc) is 1.41. The van der Waals surface area contributed by atoms with Gasteiger partial charge >= 0.3 is 0 Å². The molecule has 0 amide bonds. The molecule has 0 aromatic carbocycles. The highest BCUT2D eigenvalue weighted by Gasteiger charge is 1.64. The van der Waals surface area contributed by atoms with Crippen molar-refractivity contribution in [3.8, 4) is 6.07 Å². The van der Waals surface area contributed by atoms with E-state index in [1.807, 2.05) is 6.07 Å². The number of hydrogen-bond donors (Lipinski definition) is 0. The van der Waals surface area contributed by atoms with Gasteiger partial charge in [-0.15, -0.1) is 0 Å². The lowest BCUT2D eigenvalue weighted by atomic mass is 10.8. The highest BCUT2D eigenvalue weighted by atomic mass is 31.1. The summed E-state index contributed by atoms with van der Waals surface area (Å²) in [5.41, 5.74) is 0. The molecule has 3 heteroatoms. The molecular formula is C2H3BNP. The lowest BCUT2D eigenvalue weighted by Gasteiger charge is -1.67. The van der Waals surface area contributed by atoms with Gasteiger partial charge in [0.1, 0.15) is 7.57 Å². The smallest absolute Gasteiger partial charge is 0.105 e. The van der Waals surface area contributed by atoms with E-state index in [2.05, 4.69) is 0 Å². The Bertz CT molecular complexity index is 48.1. The van der Waals surface area contributed by atoms with Crippen molar-refractivity contribution >= 4 is 16.0 Å². The molecule has 0 bridgehead atoms. The zero-order valence-corrected chi connectivity index (χ0v) is 3.73. The Hall–Kier alpha value is -0.0151. The first-order chi connectivity index (χ1) is 2.41. The maximum Gasteiger partial charge on any atom is 0.105 e. The lowest BCUT2D eigenvalue weighted by Crippen LogP contribution is -1.57. The summed E-state index contributed by atoms with van der Waals surface area (Å²) in [6, 6.07) is 1.90. The van der Waals surface area contributed by atoms with Crippen molar-refractivity contribution in [1.82, 2.24) is 0 Å². The van der Waals surface area contributed by atoms with E-state index in [0.717, 1.165) is 0 Å². The van der Waals surface area contributed by atoms with Crippen molar-refractivity contribution in [2.24, 2.45) is 0 Å². The number of nitrogens with zero attached hydrogens (tertiary/aromatic N) is 1. The van der Waals surface area contributed by atoms with Gasteiger partial charge in [0.2, 0.25) is 0 Å². The van der Waals surface area contributed by atoms with Crippen molar-refractivity contribution in [2.75, 3.05) is 6.16 Å². The summed E-state index contributed by atoms with van der Waals surface area (Å²) in [6.07, 6.45) is 0.500. The van der Waals surface area contributed by atoms with Gasteiger partial charge in [-0.05, 0) is 0 Å². The fourth-order valence-corrected chi connectivity index (χ4v) is 0.137. The minimum absolute atomic E-state index is 0.297. The maximum atomic E-state index is 7.74. The van der Waals surface area contributed by atoms with Crippen LogP contribution in [-0.2, 0) is 0 Å². The molecule has 0 aromatic heterocycles. The van der Waals surface area contributed by atoms with Crippen LogP contribution in [0.25, 0.3) is 0 Å². The average molecular weight is 82.8 g/mol. The molecule has 24 valence electrons. The molecule has 0 aliphatic rings. The molecule has 0 aliphatic heterocycles. The summed E-state index contributed by atoms with van der Waals surface area (Å²) in [6.45, 7) is 0. The summed E-state index contributed by atoms with van der Waals surface area (Å²) < 4.78 is 0. The molecule has 5 heavy (non-hydrogen) atoms. The van der Waals surface area contributed by atoms with Gasteiger partial charge in [-0.3, -0.25) is 0 Å². The summed E-state index contributed by atoms with van der Waals surface area (Å²) in [5.74, 6) is 0. The van der Waals surface area contributed by atoms with Crippen LogP contribution in [0.4, 0.5) is 0 Å². The standard InChI is InChI=1S/C2H3BNP/c3-5-2-1-4/h5H,2H2. The molecule has 1 atom stereocenters. The van der Waals surface area contributed by atoms with E-state index in [1.165, 1.54) is 0 Å². The van der Waals surface area contributed by atoms with Crippen LogP contribution in [0.1, 0.15) is 0 Å². The van der Waals surface area contributed by atoms with E-state index in [9.17, 15) is 0 Å². The molecule has 1 unspecified atom stereocenters. The van der Waals surface area contributed by atoms with Crippen LogP contribution < -0.4 is 0 Å². The molecule has 2 radical (unpaired) electrons. The first-order valence-corrected chi connectivity index (χ1v) is 2.50. The van der Waals surface area contributed by atoms with Crippen LogP contribution in [0.3, 0.4) is 0 Å². The third-order valence-electron chi connectivity index (χ3n) is 0.181. The van der Waals surface area contributed by atoms with E-state index in [1.54, 1.807) is 0 Å². The first kappa shape index (κ1) is 4.98. The Kier molecular flexibility index (Phi) is 3.97. The second-order valence-corrected chi connectivity index (χ2v) is 1.30. The highest BCUT2D eigenvalue weighted by molar-refractivity contribution is 7.66. The molecule has 0 N–H and O–H groups in total. The summed E-state index contributed by atoms with van der Waals surface area (Å²) >= 11 is 0. The quantitative estimate of drug-likeness (QED) is 0.329. The zero-order chi connectivity index (χ0) is 4.12. The predicted molar refractivity (Wildman–Crippen MR) is 24.5 cm³/mol. The van der Waals surface area contributed by atoms with Gasteiger partial charge in [-0.1, -0.05) is 0 Å². The molecule has 0 saturated heterocycles. The molecule has 0 heterocycles. The molecule has 0 fully saturated rings. The van der Waals surface area contributed by atoms with E-state index in [4.69, 9.17) is 12.8 Å². The van der Waals surface area contributed by atoms with Gasteiger partial charge in [0, 0.05) is 6.16 Å². The monoisotopic (exact) mass is 83.0 g/mol. The molecule has 0 aliphatic carbocycles. The Labute approximate surface area is 34.5 Å². The van der Waals surface area contributed by atoms with Crippen molar-refractivity contribution < 1.29 is 0 Å². The van der Waals surface area contributed by atoms with Crippen LogP contribution in [0.5, 0.6) is 0 Å². The SMILES string of the molecule is [B]PCC#N. The fourth-order valence-electron chi connectivity index (χ4n) is 0.0456. The Morgan fingerprint density at radius 1 is 2.00 bits per heavy atom. The van der Waals surface area contributed by atoms with Crippen LogP contribution in [-0.4, -0.2) is 13.7 Å². The molecule has 0 aromatic rings. The van der Waals surface area contributed by atoms with Crippen molar-refractivity contribution in [1.29, 1.82) is 5.26 Å². The van der Waals surface area contributed by atoms with Crippen LogP contribution in [0.15, 0.2) is 0 Å². The zero-order valence-electron chi connectivity index (χ0n) is 2.73. The van der Waals surface area contributed by atoms with Crippen LogP contribution >= 0.6 is 8.46 Å². The van der Waals surface area contributed by atoms with Gasteiger partial charge in [-0.25, -0.2) is 0 Å². The summed E-state index contributed by atoms with van der Waals surface area (Å²) in [5, 5.41) is 7.74. The minimum Gasteiger partial charge on any atom is -0.198 e. The van der Waals surface area contributed by atoms with Crippen molar-refractivity contribution in [2.45, 2.75) is 0 Å². The van der Waals surface area contributed by atoms with Gasteiger partial charge in [0.25, 0.3) is 0 Å². The van der Waals surface area contributed by atoms with E-state index in [-0.39, 0.29) is 0 Å². The fraction of sp³-hybridized carbons (Fsp3) is 0.500. The molecule has 0 spiro atoms. The van der Waals surface area contributed by atoms with Gasteiger partial charge in [-0.2, -0.15) is 13.7 Å². The summed E-state index contributed by atoms with van der Waals surface area (Å²) in [7, 11) is 5.24. The van der Waals surface area contributed by atoms with E-state index < -0.39 is 0 Å². The van der Waals surface area contributed by atoms with E-state index in [0.29, 0.717) is 14.6 Å². The molecular weight excluding hydrogens is 79.8 g/mol. The highest BCUT2D eigenvalue weighted by Crippen LogP contribution is 1.93. The van der Waals surface area contributed by atoms with Crippen LogP contribution in [0.2, 0.25) is 0 Å². The predicted octanol–water partition coefficient (Wildman–Crippen LogP) is 0.272. The van der Waals surface area contributed by atoms with Gasteiger partial charge in [0.05, 0.1) is 6.07 Å². The number of nitriles is 1. The van der Waals surface area contributed by atoms with Gasteiger partial charge in [0.15, 0.2) is 0 Å². The maximum absolute atomic E-state index is 7.74. The topological polar surface area (TPSA) is 23.8 Å². The molecule has 0 rings (SSSR count). The molecule has 0 saturated carbocycles. The second kappa shape index (κ2) is 3.98. The second-order valence-electron chi connectivity index (χ2n) is 0.539. The minimum atomic E-state index is 0.297. The number of rotatable bonds is 1. The van der Waals surface area contributed by atoms with E-state index >= 15 is 0 Å².